The Bertz CT molecular complexity index is 676. The average Bonchev–Trinajstić information content (AvgIpc) is 2.61. The van der Waals surface area contributed by atoms with Crippen LogP contribution in [0.2, 0.25) is 0 Å². The van der Waals surface area contributed by atoms with E-state index >= 15 is 0 Å². The van der Waals surface area contributed by atoms with Crippen molar-refractivity contribution in [1.29, 1.82) is 0 Å². The van der Waals surface area contributed by atoms with Crippen LogP contribution in [0.25, 0.3) is 0 Å². The van der Waals surface area contributed by atoms with Gasteiger partial charge in [0.1, 0.15) is 17.2 Å². The third kappa shape index (κ3) is 4.14. The maximum Gasteiger partial charge on any atom is 0.269 e. The molecule has 7 nitrogen and oxygen atoms in total. The highest BCUT2D eigenvalue weighted by Gasteiger charge is 2.13. The Hall–Kier alpha value is -2.80. The lowest BCUT2D eigenvalue weighted by molar-refractivity contribution is -0.384. The molecule has 0 atom stereocenters. The van der Waals surface area contributed by atoms with E-state index in [2.05, 4.69) is 5.32 Å². The standard InChI is InChI=1S/C17H20N2O5/c1-22-14-8-16(23-2)15(17(9-14)24-3)11-18-10-12-4-6-13(7-5-12)19(20)21/h4-9,18H,10-11H2,1-3H3. The van der Waals surface area contributed by atoms with Crippen LogP contribution in [-0.2, 0) is 13.1 Å². The molecule has 0 aliphatic rings. The summed E-state index contributed by atoms with van der Waals surface area (Å²) in [5, 5.41) is 13.9. The van der Waals surface area contributed by atoms with Gasteiger partial charge in [-0.1, -0.05) is 12.1 Å². The minimum atomic E-state index is -0.412. The van der Waals surface area contributed by atoms with Gasteiger partial charge in [0, 0.05) is 37.4 Å². The molecule has 128 valence electrons. The van der Waals surface area contributed by atoms with E-state index in [4.69, 9.17) is 14.2 Å². The van der Waals surface area contributed by atoms with Gasteiger partial charge >= 0.3 is 0 Å². The molecule has 1 N–H and O–H groups in total. The highest BCUT2D eigenvalue weighted by Crippen LogP contribution is 2.33. The van der Waals surface area contributed by atoms with E-state index in [0.29, 0.717) is 30.3 Å². The van der Waals surface area contributed by atoms with E-state index < -0.39 is 4.92 Å². The van der Waals surface area contributed by atoms with Crippen LogP contribution >= 0.6 is 0 Å². The van der Waals surface area contributed by atoms with E-state index in [0.717, 1.165) is 11.1 Å². The molecule has 0 saturated heterocycles. The van der Waals surface area contributed by atoms with Crippen LogP contribution < -0.4 is 19.5 Å². The summed E-state index contributed by atoms with van der Waals surface area (Å²) in [6.45, 7) is 1.09. The molecule has 0 aliphatic heterocycles. The molecule has 2 aromatic rings. The topological polar surface area (TPSA) is 82.9 Å². The number of methoxy groups -OCH3 is 3. The van der Waals surface area contributed by atoms with Crippen LogP contribution in [0.1, 0.15) is 11.1 Å². The Kier molecular flexibility index (Phi) is 5.97. The van der Waals surface area contributed by atoms with Gasteiger partial charge in [0.05, 0.1) is 31.8 Å². The first-order valence-corrected chi connectivity index (χ1v) is 7.32. The first-order chi connectivity index (χ1) is 11.6. The van der Waals surface area contributed by atoms with Gasteiger partial charge in [-0.2, -0.15) is 0 Å². The fourth-order valence-electron chi connectivity index (χ4n) is 2.32. The molecular formula is C17H20N2O5. The molecule has 24 heavy (non-hydrogen) atoms. The number of nitro benzene ring substituents is 1. The van der Waals surface area contributed by atoms with Gasteiger partial charge in [-0.05, 0) is 5.56 Å². The Morgan fingerprint density at radius 3 is 2.00 bits per heavy atom. The lowest BCUT2D eigenvalue weighted by Gasteiger charge is -2.15. The van der Waals surface area contributed by atoms with Crippen LogP contribution in [0, 0.1) is 10.1 Å². The van der Waals surface area contributed by atoms with Gasteiger partial charge in [0.15, 0.2) is 0 Å². The Labute approximate surface area is 140 Å². The zero-order valence-corrected chi connectivity index (χ0v) is 13.9. The summed E-state index contributed by atoms with van der Waals surface area (Å²) < 4.78 is 16.0. The molecule has 0 aliphatic carbocycles. The lowest BCUT2D eigenvalue weighted by Crippen LogP contribution is -2.14. The van der Waals surface area contributed by atoms with Crippen molar-refractivity contribution in [3.63, 3.8) is 0 Å². The third-order valence-corrected chi connectivity index (χ3v) is 3.60. The molecule has 2 rings (SSSR count). The summed E-state index contributed by atoms with van der Waals surface area (Å²) in [5.41, 5.74) is 1.91. The van der Waals surface area contributed by atoms with Crippen molar-refractivity contribution in [2.45, 2.75) is 13.1 Å². The van der Waals surface area contributed by atoms with Gasteiger partial charge in [0.2, 0.25) is 0 Å². The number of ether oxygens (including phenoxy) is 3. The summed E-state index contributed by atoms with van der Waals surface area (Å²) in [7, 11) is 4.77. The van der Waals surface area contributed by atoms with Crippen molar-refractivity contribution < 1.29 is 19.1 Å². The number of benzene rings is 2. The molecule has 0 fully saturated rings. The van der Waals surface area contributed by atoms with Crippen molar-refractivity contribution in [3.05, 3.63) is 57.6 Å². The number of nitro groups is 1. The van der Waals surface area contributed by atoms with Crippen LogP contribution in [0.3, 0.4) is 0 Å². The van der Waals surface area contributed by atoms with Gasteiger partial charge in [-0.25, -0.2) is 0 Å². The Morgan fingerprint density at radius 1 is 0.958 bits per heavy atom. The normalized spacial score (nSPS) is 10.3. The van der Waals surface area contributed by atoms with E-state index in [1.54, 1.807) is 45.6 Å². The molecule has 0 bridgehead atoms. The summed E-state index contributed by atoms with van der Waals surface area (Å²) in [6, 6.07) is 10.0. The van der Waals surface area contributed by atoms with Gasteiger partial charge in [-0.3, -0.25) is 10.1 Å². The monoisotopic (exact) mass is 332 g/mol. The summed E-state index contributed by atoms with van der Waals surface area (Å²) >= 11 is 0. The quantitative estimate of drug-likeness (QED) is 0.591. The molecule has 0 saturated carbocycles. The maximum absolute atomic E-state index is 10.7. The number of nitrogens with one attached hydrogen (secondary N) is 1. The highest BCUT2D eigenvalue weighted by atomic mass is 16.6. The maximum atomic E-state index is 10.7. The van der Waals surface area contributed by atoms with Crippen molar-refractivity contribution in [3.8, 4) is 17.2 Å². The minimum Gasteiger partial charge on any atom is -0.496 e. The first kappa shape index (κ1) is 17.6. The van der Waals surface area contributed by atoms with E-state index in [1.807, 2.05) is 0 Å². The largest absolute Gasteiger partial charge is 0.496 e. The van der Waals surface area contributed by atoms with E-state index in [-0.39, 0.29) is 5.69 Å². The van der Waals surface area contributed by atoms with Gasteiger partial charge < -0.3 is 19.5 Å². The summed E-state index contributed by atoms with van der Waals surface area (Å²) in [4.78, 5) is 10.2. The Balaban J connectivity index is 2.07. The van der Waals surface area contributed by atoms with Crippen molar-refractivity contribution >= 4 is 5.69 Å². The van der Waals surface area contributed by atoms with E-state index in [1.165, 1.54) is 12.1 Å². The number of hydrogen-bond donors (Lipinski definition) is 1. The predicted molar refractivity (Wildman–Crippen MR) is 89.7 cm³/mol. The van der Waals surface area contributed by atoms with Crippen molar-refractivity contribution in [1.82, 2.24) is 5.32 Å². The zero-order valence-electron chi connectivity index (χ0n) is 13.9. The molecule has 7 heteroatoms. The summed E-state index contributed by atoms with van der Waals surface area (Å²) in [6.07, 6.45) is 0. The van der Waals surface area contributed by atoms with Crippen molar-refractivity contribution in [2.24, 2.45) is 0 Å². The minimum absolute atomic E-state index is 0.0808. The summed E-state index contributed by atoms with van der Waals surface area (Å²) in [5.74, 6) is 1.99. The fraction of sp³-hybridized carbons (Fsp3) is 0.294. The lowest BCUT2D eigenvalue weighted by atomic mass is 10.1. The van der Waals surface area contributed by atoms with Crippen LogP contribution in [0.5, 0.6) is 17.2 Å². The first-order valence-electron chi connectivity index (χ1n) is 7.32. The number of non-ortho nitro benzene ring substituents is 1. The molecule has 0 aromatic heterocycles. The number of rotatable bonds is 8. The highest BCUT2D eigenvalue weighted by molar-refractivity contribution is 5.50. The fourth-order valence-corrected chi connectivity index (χ4v) is 2.32. The second-order valence-electron chi connectivity index (χ2n) is 5.04. The van der Waals surface area contributed by atoms with Crippen LogP contribution in [0.15, 0.2) is 36.4 Å². The Morgan fingerprint density at radius 2 is 1.54 bits per heavy atom. The number of nitrogens with zero attached hydrogens (tertiary/aromatic N) is 1. The molecular weight excluding hydrogens is 312 g/mol. The SMILES string of the molecule is COc1cc(OC)c(CNCc2ccc([N+](=O)[O-])cc2)c(OC)c1. The molecule has 0 heterocycles. The van der Waals surface area contributed by atoms with Crippen molar-refractivity contribution in [2.75, 3.05) is 21.3 Å². The molecule has 0 spiro atoms. The second-order valence-corrected chi connectivity index (χ2v) is 5.04. The van der Waals surface area contributed by atoms with Gasteiger partial charge in [0.25, 0.3) is 5.69 Å². The van der Waals surface area contributed by atoms with E-state index in [9.17, 15) is 10.1 Å². The average molecular weight is 332 g/mol. The second kappa shape index (κ2) is 8.16. The van der Waals surface area contributed by atoms with Crippen LogP contribution in [0.4, 0.5) is 5.69 Å². The molecule has 0 unspecified atom stereocenters. The smallest absolute Gasteiger partial charge is 0.269 e. The van der Waals surface area contributed by atoms with Gasteiger partial charge in [-0.15, -0.1) is 0 Å². The molecule has 0 amide bonds. The number of hydrogen-bond acceptors (Lipinski definition) is 6. The zero-order chi connectivity index (χ0) is 17.5. The molecule has 2 aromatic carbocycles. The molecule has 0 radical (unpaired) electrons. The van der Waals surface area contributed by atoms with Crippen LogP contribution in [-0.4, -0.2) is 26.3 Å². The third-order valence-electron chi connectivity index (χ3n) is 3.60. The predicted octanol–water partition coefficient (Wildman–Crippen LogP) is 2.91.